The first-order valence-electron chi connectivity index (χ1n) is 8.08. The van der Waals surface area contributed by atoms with Crippen LogP contribution in [0.3, 0.4) is 0 Å². The van der Waals surface area contributed by atoms with Crippen molar-refractivity contribution in [2.75, 3.05) is 46.3 Å². The first-order valence-corrected chi connectivity index (χ1v) is 8.08. The van der Waals surface area contributed by atoms with Crippen LogP contribution >= 0.6 is 0 Å². The van der Waals surface area contributed by atoms with E-state index in [4.69, 9.17) is 0 Å². The maximum atomic E-state index is 12.7. The number of likely N-dealkylation sites (N-methyl/N-ethyl adjacent to an activating group) is 1. The van der Waals surface area contributed by atoms with Gasteiger partial charge in [-0.15, -0.1) is 0 Å². The van der Waals surface area contributed by atoms with Crippen LogP contribution in [0.4, 0.5) is 18.0 Å². The number of amides is 1. The van der Waals surface area contributed by atoms with Crippen molar-refractivity contribution < 1.29 is 18.0 Å². The van der Waals surface area contributed by atoms with E-state index in [9.17, 15) is 18.0 Å². The van der Waals surface area contributed by atoms with E-state index >= 15 is 0 Å². The van der Waals surface area contributed by atoms with Gasteiger partial charge in [0.1, 0.15) is 6.33 Å². The molecule has 1 fully saturated rings. The predicted octanol–water partition coefficient (Wildman–Crippen LogP) is 1.86. The molecule has 0 spiro atoms. The number of nitrogens with zero attached hydrogens (tertiary/aromatic N) is 4. The Bertz CT molecular complexity index is 750. The van der Waals surface area contributed by atoms with E-state index in [1.54, 1.807) is 0 Å². The van der Waals surface area contributed by atoms with Gasteiger partial charge in [-0.25, -0.2) is 9.78 Å². The van der Waals surface area contributed by atoms with Crippen LogP contribution in [0, 0.1) is 0 Å². The van der Waals surface area contributed by atoms with E-state index in [0.717, 1.165) is 44.9 Å². The highest BCUT2D eigenvalue weighted by Crippen LogP contribution is 2.30. The number of fused-ring (bicyclic) bond motifs is 1. The van der Waals surface area contributed by atoms with Gasteiger partial charge in [0.25, 0.3) is 0 Å². The van der Waals surface area contributed by atoms with Gasteiger partial charge in [0.15, 0.2) is 0 Å². The molecule has 0 unspecified atom stereocenters. The molecule has 1 N–H and O–H groups in total. The fourth-order valence-electron chi connectivity index (χ4n) is 2.83. The van der Waals surface area contributed by atoms with Gasteiger partial charge >= 0.3 is 12.2 Å². The molecule has 1 aliphatic rings. The molecule has 2 aromatic rings. The molecule has 3 rings (SSSR count). The van der Waals surface area contributed by atoms with E-state index in [0.29, 0.717) is 12.1 Å². The second kappa shape index (κ2) is 7.01. The summed E-state index contributed by atoms with van der Waals surface area (Å²) in [6, 6.07) is 2.78. The number of alkyl halides is 3. The summed E-state index contributed by atoms with van der Waals surface area (Å²) in [5, 5.41) is 2.79. The second-order valence-corrected chi connectivity index (χ2v) is 6.19. The molecule has 9 heteroatoms. The number of carbonyl (C=O) groups excluding carboxylic acids is 1. The number of hydrogen-bond acceptors (Lipinski definition) is 4. The number of benzene rings is 1. The summed E-state index contributed by atoms with van der Waals surface area (Å²) in [5.41, 5.74) is -0.283. The highest BCUT2D eigenvalue weighted by molar-refractivity contribution is 5.89. The number of imidazole rings is 1. The largest absolute Gasteiger partial charge is 0.416 e. The van der Waals surface area contributed by atoms with Crippen molar-refractivity contribution in [1.29, 1.82) is 0 Å². The number of hydrogen-bond donors (Lipinski definition) is 1. The molecule has 1 aromatic carbocycles. The summed E-state index contributed by atoms with van der Waals surface area (Å²) in [4.78, 5) is 20.7. The van der Waals surface area contributed by atoms with Crippen molar-refractivity contribution in [3.8, 4) is 0 Å². The zero-order valence-corrected chi connectivity index (χ0v) is 13.9. The van der Waals surface area contributed by atoms with Gasteiger partial charge in [0.05, 0.1) is 16.6 Å². The lowest BCUT2D eigenvalue weighted by atomic mass is 10.2. The van der Waals surface area contributed by atoms with Gasteiger partial charge in [-0.05, 0) is 25.2 Å². The monoisotopic (exact) mass is 355 g/mol. The molecule has 1 aliphatic heterocycles. The lowest BCUT2D eigenvalue weighted by Crippen LogP contribution is -2.47. The van der Waals surface area contributed by atoms with Gasteiger partial charge in [-0.1, -0.05) is 0 Å². The third kappa shape index (κ3) is 4.10. The lowest BCUT2D eigenvalue weighted by molar-refractivity contribution is -0.137. The van der Waals surface area contributed by atoms with Crippen LogP contribution in [-0.2, 0) is 6.18 Å². The van der Waals surface area contributed by atoms with Crippen LogP contribution in [0.2, 0.25) is 0 Å². The van der Waals surface area contributed by atoms with Crippen LogP contribution in [0.5, 0.6) is 0 Å². The maximum absolute atomic E-state index is 12.7. The average Bonchev–Trinajstić information content (AvgIpc) is 2.99. The zero-order chi connectivity index (χ0) is 18.0. The number of carbonyl (C=O) groups is 1. The number of nitrogens with one attached hydrogen (secondary N) is 1. The Morgan fingerprint density at radius 3 is 2.64 bits per heavy atom. The minimum Gasteiger partial charge on any atom is -0.336 e. The number of rotatable bonds is 3. The Kier molecular flexibility index (Phi) is 4.96. The fourth-order valence-corrected chi connectivity index (χ4v) is 2.83. The van der Waals surface area contributed by atoms with Gasteiger partial charge in [-0.2, -0.15) is 13.2 Å². The van der Waals surface area contributed by atoms with Crippen molar-refractivity contribution in [2.45, 2.75) is 6.18 Å². The van der Waals surface area contributed by atoms with Crippen molar-refractivity contribution in [1.82, 2.24) is 24.7 Å². The van der Waals surface area contributed by atoms with E-state index < -0.39 is 17.8 Å². The molecule has 25 heavy (non-hydrogen) atoms. The van der Waals surface area contributed by atoms with Crippen LogP contribution < -0.4 is 5.32 Å². The molecule has 0 atom stereocenters. The summed E-state index contributed by atoms with van der Waals surface area (Å²) < 4.78 is 39.4. The highest BCUT2D eigenvalue weighted by Gasteiger charge is 2.31. The normalized spacial score (nSPS) is 17.1. The first-order chi connectivity index (χ1) is 11.8. The van der Waals surface area contributed by atoms with Crippen LogP contribution in [0.15, 0.2) is 24.5 Å². The van der Waals surface area contributed by atoms with Crippen LogP contribution in [-0.4, -0.2) is 71.7 Å². The Balaban J connectivity index is 1.60. The molecule has 136 valence electrons. The standard InChI is InChI=1S/C16H20F3N5O/c1-22-6-8-23(9-7-22)5-4-20-15(25)24-11-21-13-10-12(16(17,18)19)2-3-14(13)24/h2-3,10-11H,4-9H2,1H3,(H,20,25). The van der Waals surface area contributed by atoms with E-state index in [2.05, 4.69) is 27.1 Å². The Labute approximate surface area is 143 Å². The maximum Gasteiger partial charge on any atom is 0.416 e. The summed E-state index contributed by atoms with van der Waals surface area (Å²) in [5.74, 6) is 0. The van der Waals surface area contributed by atoms with E-state index in [-0.39, 0.29) is 5.52 Å². The first kappa shape index (κ1) is 17.7. The van der Waals surface area contributed by atoms with E-state index in [1.807, 2.05) is 0 Å². The number of aromatic nitrogens is 2. The molecule has 0 radical (unpaired) electrons. The molecule has 6 nitrogen and oxygen atoms in total. The molecule has 2 heterocycles. The summed E-state index contributed by atoms with van der Waals surface area (Å²) in [7, 11) is 2.08. The second-order valence-electron chi connectivity index (χ2n) is 6.19. The molecular formula is C16H20F3N5O. The van der Waals surface area contributed by atoms with Crippen molar-refractivity contribution in [3.05, 3.63) is 30.1 Å². The molecular weight excluding hydrogens is 335 g/mol. The zero-order valence-electron chi connectivity index (χ0n) is 13.9. The minimum atomic E-state index is -4.43. The van der Waals surface area contributed by atoms with Gasteiger partial charge < -0.3 is 10.2 Å². The van der Waals surface area contributed by atoms with Gasteiger partial charge in [-0.3, -0.25) is 9.47 Å². The molecule has 1 amide bonds. The third-order valence-electron chi connectivity index (χ3n) is 4.39. The van der Waals surface area contributed by atoms with Crippen LogP contribution in [0.25, 0.3) is 11.0 Å². The summed E-state index contributed by atoms with van der Waals surface area (Å²) >= 11 is 0. The number of piperazine rings is 1. The SMILES string of the molecule is CN1CCN(CCNC(=O)n2cnc3cc(C(F)(F)F)ccc32)CC1. The molecule has 0 aliphatic carbocycles. The molecule has 1 aromatic heterocycles. The Morgan fingerprint density at radius 2 is 1.96 bits per heavy atom. The van der Waals surface area contributed by atoms with E-state index in [1.165, 1.54) is 17.0 Å². The van der Waals surface area contributed by atoms with Gasteiger partial charge in [0, 0.05) is 39.3 Å². The topological polar surface area (TPSA) is 53.4 Å². The molecule has 0 bridgehead atoms. The van der Waals surface area contributed by atoms with Gasteiger partial charge in [0.2, 0.25) is 0 Å². The minimum absolute atomic E-state index is 0.143. The summed E-state index contributed by atoms with van der Waals surface area (Å²) in [6.07, 6.45) is -3.18. The molecule has 0 saturated carbocycles. The van der Waals surface area contributed by atoms with Crippen molar-refractivity contribution in [2.24, 2.45) is 0 Å². The summed E-state index contributed by atoms with van der Waals surface area (Å²) in [6.45, 7) is 5.14. The van der Waals surface area contributed by atoms with Crippen molar-refractivity contribution in [3.63, 3.8) is 0 Å². The highest BCUT2D eigenvalue weighted by atomic mass is 19.4. The lowest BCUT2D eigenvalue weighted by Gasteiger charge is -2.32. The number of halogens is 3. The molecule has 1 saturated heterocycles. The third-order valence-corrected chi connectivity index (χ3v) is 4.39. The Morgan fingerprint density at radius 1 is 1.24 bits per heavy atom. The quantitative estimate of drug-likeness (QED) is 0.913. The van der Waals surface area contributed by atoms with Crippen molar-refractivity contribution >= 4 is 17.1 Å². The van der Waals surface area contributed by atoms with Crippen LogP contribution in [0.1, 0.15) is 5.56 Å². The predicted molar refractivity (Wildman–Crippen MR) is 87.5 cm³/mol. The Hall–Kier alpha value is -2.13. The average molecular weight is 355 g/mol. The fraction of sp³-hybridized carbons (Fsp3) is 0.500. The smallest absolute Gasteiger partial charge is 0.336 e.